The predicted octanol–water partition coefficient (Wildman–Crippen LogP) is 2.34. The monoisotopic (exact) mass is 344 g/mol. The molecule has 6 heteroatoms. The van der Waals surface area contributed by atoms with Crippen molar-refractivity contribution < 1.29 is 19.1 Å². The highest BCUT2D eigenvalue weighted by Crippen LogP contribution is 2.19. The lowest BCUT2D eigenvalue weighted by molar-refractivity contribution is -0.160. The van der Waals surface area contributed by atoms with Crippen LogP contribution in [0, 0.1) is 5.92 Å². The van der Waals surface area contributed by atoms with Crippen LogP contribution in [0.4, 0.5) is 0 Å². The van der Waals surface area contributed by atoms with Crippen molar-refractivity contribution in [2.24, 2.45) is 11.7 Å². The number of carbonyl (C=O) groups is 2. The Morgan fingerprint density at radius 2 is 1.75 bits per heavy atom. The number of nitrogens with zero attached hydrogens (tertiary/aromatic N) is 1. The van der Waals surface area contributed by atoms with Gasteiger partial charge >= 0.3 is 5.97 Å². The molecule has 0 aliphatic carbocycles. The molecule has 0 aromatic carbocycles. The van der Waals surface area contributed by atoms with Crippen LogP contribution in [0.25, 0.3) is 0 Å². The van der Waals surface area contributed by atoms with Gasteiger partial charge in [-0.25, -0.2) is 0 Å². The summed E-state index contributed by atoms with van der Waals surface area (Å²) in [6.45, 7) is 11.3. The summed E-state index contributed by atoms with van der Waals surface area (Å²) in [5.41, 5.74) is 5.45. The number of rotatable bonds is 9. The van der Waals surface area contributed by atoms with Crippen LogP contribution in [0.15, 0.2) is 0 Å². The second kappa shape index (κ2) is 9.99. The van der Waals surface area contributed by atoms with Crippen LogP contribution in [-0.2, 0) is 19.1 Å². The minimum Gasteiger partial charge on any atom is -0.460 e. The van der Waals surface area contributed by atoms with Gasteiger partial charge in [0.2, 0.25) is 5.91 Å². The van der Waals surface area contributed by atoms with Gasteiger partial charge in [0, 0.05) is 14.2 Å². The summed E-state index contributed by atoms with van der Waals surface area (Å²) in [6.07, 6.45) is 1.28. The number of carbonyl (C=O) groups excluding carboxylic acids is 2. The van der Waals surface area contributed by atoms with Crippen LogP contribution in [-0.4, -0.2) is 54.7 Å². The molecule has 0 spiro atoms. The number of ether oxygens (including phenoxy) is 2. The maximum Gasteiger partial charge on any atom is 0.309 e. The molecule has 24 heavy (non-hydrogen) atoms. The van der Waals surface area contributed by atoms with E-state index in [0.29, 0.717) is 0 Å². The lowest BCUT2D eigenvalue weighted by atomic mass is 9.98. The second-order valence-electron chi connectivity index (χ2n) is 7.64. The van der Waals surface area contributed by atoms with Gasteiger partial charge in [0.25, 0.3) is 0 Å². The van der Waals surface area contributed by atoms with Crippen molar-refractivity contribution in [3.8, 4) is 0 Å². The lowest BCUT2D eigenvalue weighted by Crippen LogP contribution is -2.53. The zero-order valence-corrected chi connectivity index (χ0v) is 16.6. The third kappa shape index (κ3) is 7.62. The number of amides is 1. The van der Waals surface area contributed by atoms with Gasteiger partial charge < -0.3 is 20.1 Å². The molecule has 2 N–H and O–H groups in total. The quantitative estimate of drug-likeness (QED) is 0.649. The van der Waals surface area contributed by atoms with Gasteiger partial charge in [0.1, 0.15) is 5.60 Å². The Morgan fingerprint density at radius 1 is 1.21 bits per heavy atom. The van der Waals surface area contributed by atoms with Crippen LogP contribution in [0.2, 0.25) is 0 Å². The van der Waals surface area contributed by atoms with Crippen molar-refractivity contribution in [1.82, 2.24) is 4.90 Å². The SMILES string of the molecule is CCC[C@@H]([C@@H](CC(=O)OC(C)(C)C)OC)N(C)C(=O)[C@@H](N)C(C)C. The molecule has 3 atom stereocenters. The Bertz CT molecular complexity index is 404. The normalized spacial score (nSPS) is 15.8. The number of nitrogens with two attached hydrogens (primary N) is 1. The second-order valence-corrected chi connectivity index (χ2v) is 7.64. The molecule has 0 rings (SSSR count). The molecule has 6 nitrogen and oxygen atoms in total. The maximum atomic E-state index is 12.6. The van der Waals surface area contributed by atoms with Crippen LogP contribution < -0.4 is 5.73 Å². The summed E-state index contributed by atoms with van der Waals surface area (Å²) in [7, 11) is 3.28. The smallest absolute Gasteiger partial charge is 0.309 e. The third-order valence-electron chi connectivity index (χ3n) is 3.95. The summed E-state index contributed by atoms with van der Waals surface area (Å²) >= 11 is 0. The first-order chi connectivity index (χ1) is 10.9. The first kappa shape index (κ1) is 22.9. The summed E-state index contributed by atoms with van der Waals surface area (Å²) in [5.74, 6) is -0.409. The van der Waals surface area contributed by atoms with Gasteiger partial charge in [-0.3, -0.25) is 9.59 Å². The Labute approximate surface area is 147 Å². The Balaban J connectivity index is 5.15. The fourth-order valence-corrected chi connectivity index (χ4v) is 2.53. The van der Waals surface area contributed by atoms with Crippen LogP contribution in [0.1, 0.15) is 60.8 Å². The van der Waals surface area contributed by atoms with E-state index >= 15 is 0 Å². The minimum absolute atomic E-state index is 0.0501. The molecule has 0 aliphatic heterocycles. The lowest BCUT2D eigenvalue weighted by Gasteiger charge is -2.36. The van der Waals surface area contributed by atoms with Gasteiger partial charge in [-0.15, -0.1) is 0 Å². The van der Waals surface area contributed by atoms with Gasteiger partial charge in [-0.1, -0.05) is 27.2 Å². The van der Waals surface area contributed by atoms with Crippen LogP contribution >= 0.6 is 0 Å². The van der Waals surface area contributed by atoms with Crippen LogP contribution in [0.5, 0.6) is 0 Å². The van der Waals surface area contributed by atoms with Crippen molar-refractivity contribution in [2.75, 3.05) is 14.2 Å². The van der Waals surface area contributed by atoms with Crippen LogP contribution in [0.3, 0.4) is 0 Å². The Kier molecular flexibility index (Phi) is 9.51. The summed E-state index contributed by atoms with van der Waals surface area (Å²) in [4.78, 5) is 26.3. The molecule has 0 saturated heterocycles. The molecule has 0 bridgehead atoms. The van der Waals surface area contributed by atoms with Crippen molar-refractivity contribution in [2.45, 2.75) is 84.6 Å². The largest absolute Gasteiger partial charge is 0.460 e. The Morgan fingerprint density at radius 3 is 2.12 bits per heavy atom. The van der Waals surface area contributed by atoms with Crippen molar-refractivity contribution >= 4 is 11.9 Å². The number of esters is 1. The molecule has 0 unspecified atom stereocenters. The first-order valence-corrected chi connectivity index (χ1v) is 8.71. The molecular weight excluding hydrogens is 308 g/mol. The predicted molar refractivity (Wildman–Crippen MR) is 95.5 cm³/mol. The fourth-order valence-electron chi connectivity index (χ4n) is 2.53. The first-order valence-electron chi connectivity index (χ1n) is 8.71. The molecule has 0 aromatic rings. The van der Waals surface area contributed by atoms with Crippen molar-refractivity contribution in [1.29, 1.82) is 0 Å². The van der Waals surface area contributed by atoms with E-state index in [1.807, 2.05) is 41.5 Å². The van der Waals surface area contributed by atoms with E-state index < -0.39 is 17.7 Å². The molecule has 0 aromatic heterocycles. The maximum absolute atomic E-state index is 12.6. The molecule has 0 heterocycles. The van der Waals surface area contributed by atoms with Crippen molar-refractivity contribution in [3.05, 3.63) is 0 Å². The van der Waals surface area contributed by atoms with E-state index in [1.165, 1.54) is 0 Å². The average Bonchev–Trinajstić information content (AvgIpc) is 2.46. The molecule has 0 radical (unpaired) electrons. The summed E-state index contributed by atoms with van der Waals surface area (Å²) in [5, 5.41) is 0. The van der Waals surface area contributed by atoms with E-state index in [-0.39, 0.29) is 30.3 Å². The van der Waals surface area contributed by atoms with Gasteiger partial charge in [0.05, 0.1) is 24.6 Å². The summed E-state index contributed by atoms with van der Waals surface area (Å²) < 4.78 is 10.9. The molecule has 1 amide bonds. The summed E-state index contributed by atoms with van der Waals surface area (Å²) in [6, 6.07) is -0.779. The molecule has 142 valence electrons. The molecule has 0 fully saturated rings. The van der Waals surface area contributed by atoms with Crippen molar-refractivity contribution in [3.63, 3.8) is 0 Å². The van der Waals surface area contributed by atoms with Gasteiger partial charge in [0.15, 0.2) is 0 Å². The van der Waals surface area contributed by atoms with Gasteiger partial charge in [-0.05, 0) is 33.1 Å². The number of methoxy groups -OCH3 is 1. The number of hydrogen-bond acceptors (Lipinski definition) is 5. The van der Waals surface area contributed by atoms with E-state index in [9.17, 15) is 9.59 Å². The molecule has 0 saturated carbocycles. The Hall–Kier alpha value is -1.14. The van der Waals surface area contributed by atoms with E-state index in [0.717, 1.165) is 12.8 Å². The minimum atomic E-state index is -0.562. The average molecular weight is 344 g/mol. The third-order valence-corrected chi connectivity index (χ3v) is 3.95. The van der Waals surface area contributed by atoms with Gasteiger partial charge in [-0.2, -0.15) is 0 Å². The highest BCUT2D eigenvalue weighted by Gasteiger charge is 2.33. The van der Waals surface area contributed by atoms with E-state index in [2.05, 4.69) is 0 Å². The zero-order valence-electron chi connectivity index (χ0n) is 16.6. The fraction of sp³-hybridized carbons (Fsp3) is 0.889. The zero-order chi connectivity index (χ0) is 19.1. The molecular formula is C18H36N2O4. The highest BCUT2D eigenvalue weighted by molar-refractivity contribution is 5.82. The topological polar surface area (TPSA) is 81.9 Å². The standard InChI is InChI=1S/C18H36N2O4/c1-9-10-13(20(7)17(22)16(19)12(2)3)14(23-8)11-15(21)24-18(4,5)6/h12-14,16H,9-11,19H2,1-8H3/t13-,14+,16-/m0/s1. The highest BCUT2D eigenvalue weighted by atomic mass is 16.6. The van der Waals surface area contributed by atoms with E-state index in [1.54, 1.807) is 19.1 Å². The number of hydrogen-bond donors (Lipinski definition) is 1. The number of likely N-dealkylation sites (N-methyl/N-ethyl adjacent to an activating group) is 1. The molecule has 0 aliphatic rings. The van der Waals surface area contributed by atoms with E-state index in [4.69, 9.17) is 15.2 Å².